The van der Waals surface area contributed by atoms with Crippen LogP contribution in [0.2, 0.25) is 0 Å². The highest BCUT2D eigenvalue weighted by atomic mass is 79.9. The molecule has 0 spiro atoms. The van der Waals surface area contributed by atoms with E-state index in [1.54, 1.807) is 12.1 Å². The van der Waals surface area contributed by atoms with Crippen molar-refractivity contribution in [2.45, 2.75) is 6.92 Å². The van der Waals surface area contributed by atoms with E-state index < -0.39 is 0 Å². The van der Waals surface area contributed by atoms with E-state index >= 15 is 0 Å². The predicted molar refractivity (Wildman–Crippen MR) is 74.2 cm³/mol. The van der Waals surface area contributed by atoms with E-state index in [1.165, 1.54) is 11.0 Å². The Hall–Kier alpha value is -1.14. The minimum absolute atomic E-state index is 0.0641. The molecule has 0 atom stereocenters. The molecule has 1 rings (SSSR count). The number of nitrogens with zero attached hydrogens (tertiary/aromatic N) is 1. The zero-order valence-corrected chi connectivity index (χ0v) is 11.7. The summed E-state index contributed by atoms with van der Waals surface area (Å²) in [5.74, 6) is -0.351. The van der Waals surface area contributed by atoms with Gasteiger partial charge in [0.25, 0.3) is 5.91 Å². The number of thiocarbonyl (C=S) groups is 1. The van der Waals surface area contributed by atoms with Gasteiger partial charge in [0.15, 0.2) is 0 Å². The van der Waals surface area contributed by atoms with Crippen molar-refractivity contribution in [1.29, 1.82) is 0 Å². The lowest BCUT2D eigenvalue weighted by Gasteiger charge is -2.20. The van der Waals surface area contributed by atoms with Gasteiger partial charge in [-0.25, -0.2) is 0 Å². The Morgan fingerprint density at radius 1 is 1.59 bits per heavy atom. The second-order valence-electron chi connectivity index (χ2n) is 3.45. The fraction of sp³-hybridized carbons (Fsp3) is 0.273. The number of nitrogens with two attached hydrogens (primary N) is 1. The Morgan fingerprint density at radius 2 is 2.24 bits per heavy atom. The number of carbonyl (C=O) groups is 1. The Balaban J connectivity index is 2.97. The first-order chi connectivity index (χ1) is 7.95. The summed E-state index contributed by atoms with van der Waals surface area (Å²) in [6, 6.07) is 4.73. The number of hydrogen-bond acceptors (Lipinski definition) is 3. The summed E-state index contributed by atoms with van der Waals surface area (Å²) in [5.41, 5.74) is 5.66. The van der Waals surface area contributed by atoms with E-state index in [0.717, 1.165) is 0 Å². The van der Waals surface area contributed by atoms with Crippen LogP contribution in [0.1, 0.15) is 17.3 Å². The molecule has 3 N–H and O–H groups in total. The van der Waals surface area contributed by atoms with Crippen LogP contribution in [-0.2, 0) is 0 Å². The molecule has 0 aliphatic rings. The molecular formula is C11H13BrN2O2S. The number of carbonyl (C=O) groups excluding carboxylic acids is 1. The minimum Gasteiger partial charge on any atom is -0.507 e. The van der Waals surface area contributed by atoms with Gasteiger partial charge in [0.05, 0.1) is 17.1 Å². The van der Waals surface area contributed by atoms with Gasteiger partial charge in [-0.15, -0.1) is 0 Å². The molecule has 1 aromatic carbocycles. The van der Waals surface area contributed by atoms with Gasteiger partial charge in [-0.05, 0) is 25.1 Å². The zero-order chi connectivity index (χ0) is 13.0. The second kappa shape index (κ2) is 5.97. The number of benzene rings is 1. The molecular weight excluding hydrogens is 304 g/mol. The van der Waals surface area contributed by atoms with Crippen molar-refractivity contribution in [3.8, 4) is 5.75 Å². The van der Waals surface area contributed by atoms with E-state index in [1.807, 2.05) is 6.92 Å². The fourth-order valence-electron chi connectivity index (χ4n) is 1.37. The van der Waals surface area contributed by atoms with Crippen LogP contribution in [0.15, 0.2) is 22.7 Å². The molecule has 0 heterocycles. The van der Waals surface area contributed by atoms with Gasteiger partial charge < -0.3 is 15.7 Å². The molecule has 0 aliphatic carbocycles. The predicted octanol–water partition coefficient (Wildman–Crippen LogP) is 1.90. The average Bonchev–Trinajstić information content (AvgIpc) is 2.24. The fourth-order valence-corrected chi connectivity index (χ4v) is 1.88. The van der Waals surface area contributed by atoms with Gasteiger partial charge in [-0.2, -0.15) is 0 Å². The number of likely N-dealkylation sites (N-methyl/N-ethyl adjacent to an activating group) is 1. The molecule has 0 aliphatic heterocycles. The monoisotopic (exact) mass is 316 g/mol. The van der Waals surface area contributed by atoms with Crippen LogP contribution in [0.3, 0.4) is 0 Å². The normalized spacial score (nSPS) is 10.0. The van der Waals surface area contributed by atoms with Crippen molar-refractivity contribution in [3.63, 3.8) is 0 Å². The maximum absolute atomic E-state index is 12.1. The van der Waals surface area contributed by atoms with Crippen molar-refractivity contribution in [2.75, 3.05) is 13.1 Å². The van der Waals surface area contributed by atoms with Crippen molar-refractivity contribution in [3.05, 3.63) is 28.2 Å². The molecule has 6 heteroatoms. The van der Waals surface area contributed by atoms with Crippen molar-refractivity contribution in [2.24, 2.45) is 5.73 Å². The number of aromatic hydroxyl groups is 1. The summed E-state index contributed by atoms with van der Waals surface area (Å²) in [6.07, 6.45) is 0. The highest BCUT2D eigenvalue weighted by molar-refractivity contribution is 9.10. The van der Waals surface area contributed by atoms with Crippen LogP contribution < -0.4 is 5.73 Å². The Bertz CT molecular complexity index is 451. The summed E-state index contributed by atoms with van der Waals surface area (Å²) in [4.78, 5) is 13.8. The third-order valence-corrected chi connectivity index (χ3v) is 2.83. The number of phenolic OH excluding ortho intramolecular Hbond substituents is 1. The van der Waals surface area contributed by atoms with Crippen molar-refractivity contribution >= 4 is 39.0 Å². The lowest BCUT2D eigenvalue weighted by atomic mass is 10.1. The summed E-state index contributed by atoms with van der Waals surface area (Å²) < 4.78 is 0.712. The quantitative estimate of drug-likeness (QED) is 0.833. The molecule has 0 unspecified atom stereocenters. The van der Waals surface area contributed by atoms with E-state index in [4.69, 9.17) is 18.0 Å². The van der Waals surface area contributed by atoms with Crippen LogP contribution in [0, 0.1) is 0 Å². The van der Waals surface area contributed by atoms with Crippen molar-refractivity contribution < 1.29 is 9.90 Å². The first kappa shape index (κ1) is 13.9. The number of rotatable bonds is 4. The molecule has 0 aromatic heterocycles. The summed E-state index contributed by atoms with van der Waals surface area (Å²) in [5, 5.41) is 9.70. The molecule has 17 heavy (non-hydrogen) atoms. The van der Waals surface area contributed by atoms with E-state index in [2.05, 4.69) is 15.9 Å². The van der Waals surface area contributed by atoms with E-state index in [0.29, 0.717) is 11.0 Å². The lowest BCUT2D eigenvalue weighted by molar-refractivity contribution is 0.0785. The van der Waals surface area contributed by atoms with Gasteiger partial charge in [-0.3, -0.25) is 4.79 Å². The second-order valence-corrected chi connectivity index (χ2v) is 4.89. The highest BCUT2D eigenvalue weighted by Gasteiger charge is 2.18. The van der Waals surface area contributed by atoms with E-state index in [9.17, 15) is 9.90 Å². The molecule has 0 bridgehead atoms. The minimum atomic E-state index is -0.287. The molecule has 0 saturated heterocycles. The first-order valence-corrected chi connectivity index (χ1v) is 6.22. The Kier molecular flexibility index (Phi) is 4.89. The Labute approximate surface area is 114 Å². The summed E-state index contributed by atoms with van der Waals surface area (Å²) in [6.45, 7) is 2.51. The summed E-state index contributed by atoms with van der Waals surface area (Å²) >= 11 is 7.99. The molecule has 4 nitrogen and oxygen atoms in total. The smallest absolute Gasteiger partial charge is 0.257 e. The largest absolute Gasteiger partial charge is 0.507 e. The van der Waals surface area contributed by atoms with Gasteiger partial charge in [0.1, 0.15) is 5.75 Å². The third kappa shape index (κ3) is 3.67. The molecule has 0 fully saturated rings. The molecule has 0 saturated carbocycles. The number of halogens is 1. The van der Waals surface area contributed by atoms with Gasteiger partial charge in [0, 0.05) is 11.0 Å². The number of phenols is 1. The molecule has 0 radical (unpaired) electrons. The van der Waals surface area contributed by atoms with Gasteiger partial charge in [-0.1, -0.05) is 28.1 Å². The Morgan fingerprint density at radius 3 is 2.71 bits per heavy atom. The topological polar surface area (TPSA) is 66.6 Å². The van der Waals surface area contributed by atoms with Crippen LogP contribution in [0.4, 0.5) is 0 Å². The van der Waals surface area contributed by atoms with Gasteiger partial charge in [0.2, 0.25) is 0 Å². The first-order valence-electron chi connectivity index (χ1n) is 5.01. The van der Waals surface area contributed by atoms with Gasteiger partial charge >= 0.3 is 0 Å². The standard InChI is InChI=1S/C11H13BrN2O2S/c1-2-14(6-10(13)17)11(16)8-4-3-7(12)5-9(8)15/h3-5,15H,2,6H2,1H3,(H2,13,17). The van der Waals surface area contributed by atoms with Crippen molar-refractivity contribution in [1.82, 2.24) is 4.90 Å². The maximum Gasteiger partial charge on any atom is 0.257 e. The zero-order valence-electron chi connectivity index (χ0n) is 9.31. The summed E-state index contributed by atoms with van der Waals surface area (Å²) in [7, 11) is 0. The maximum atomic E-state index is 12.1. The number of amides is 1. The SMILES string of the molecule is CCN(CC(N)=S)C(=O)c1ccc(Br)cc1O. The lowest BCUT2D eigenvalue weighted by Crippen LogP contribution is -2.37. The third-order valence-electron chi connectivity index (χ3n) is 2.21. The van der Waals surface area contributed by atoms with Crippen LogP contribution in [-0.4, -0.2) is 34.0 Å². The number of hydrogen-bond donors (Lipinski definition) is 2. The van der Waals surface area contributed by atoms with E-state index in [-0.39, 0.29) is 28.8 Å². The highest BCUT2D eigenvalue weighted by Crippen LogP contribution is 2.23. The van der Waals surface area contributed by atoms with Crippen LogP contribution in [0.25, 0.3) is 0 Å². The van der Waals surface area contributed by atoms with Crippen LogP contribution in [0.5, 0.6) is 5.75 Å². The van der Waals surface area contributed by atoms with Crippen LogP contribution >= 0.6 is 28.1 Å². The molecule has 1 aromatic rings. The molecule has 1 amide bonds. The average molecular weight is 317 g/mol. The molecule has 92 valence electrons.